The number of aromatic nitrogens is 4. The maximum Gasteiger partial charge on any atom is 0.407 e. The Balaban J connectivity index is 1.32. The number of ether oxygens (including phenoxy) is 1. The molecule has 0 bridgehead atoms. The van der Waals surface area contributed by atoms with Gasteiger partial charge in [0.2, 0.25) is 17.8 Å². The Kier molecular flexibility index (Phi) is 5.74. The molecule has 4 aliphatic rings. The first kappa shape index (κ1) is 23.6. The standard InChI is InChI=1S/C24H31N9O4/c1-24(4-7-31(14-24)20(34)17-3-5-32(17)23(35)36)33-6-2-16-18(15-12-26-21(25)27-13-15)28-22(29-19(16)33)30-8-10-37-11-9-30/h12-13,17H,2-11,14H2,1H3,(H,35,36)(H2,25,26,27)/t17-,24+/m0/s1. The molecule has 0 radical (unpaired) electrons. The molecule has 196 valence electrons. The van der Waals surface area contributed by atoms with E-state index in [2.05, 4.69) is 26.7 Å². The van der Waals surface area contributed by atoms with Crippen molar-refractivity contribution in [2.75, 3.05) is 68.0 Å². The first-order valence-corrected chi connectivity index (χ1v) is 12.7. The first-order valence-electron chi connectivity index (χ1n) is 12.7. The fourth-order valence-electron chi connectivity index (χ4n) is 5.81. The summed E-state index contributed by atoms with van der Waals surface area (Å²) in [6.45, 7) is 7.08. The maximum absolute atomic E-state index is 13.2. The molecule has 0 saturated carbocycles. The number of hydrogen-bond donors (Lipinski definition) is 2. The molecule has 13 heteroatoms. The minimum Gasteiger partial charge on any atom is -0.465 e. The van der Waals surface area contributed by atoms with Crippen molar-refractivity contribution in [3.8, 4) is 11.3 Å². The second-order valence-corrected chi connectivity index (χ2v) is 10.3. The Hall–Kier alpha value is -3.74. The Morgan fingerprint density at radius 1 is 1.11 bits per heavy atom. The Labute approximate surface area is 214 Å². The summed E-state index contributed by atoms with van der Waals surface area (Å²) in [5, 5.41) is 9.35. The second-order valence-electron chi connectivity index (χ2n) is 10.3. The van der Waals surface area contributed by atoms with Crippen LogP contribution < -0.4 is 15.5 Å². The maximum atomic E-state index is 13.2. The summed E-state index contributed by atoms with van der Waals surface area (Å²) in [6.07, 6.45) is 4.47. The van der Waals surface area contributed by atoms with E-state index in [0.717, 1.165) is 42.0 Å². The number of fused-ring (bicyclic) bond motifs is 1. The number of carboxylic acid groups (broad SMARTS) is 1. The number of rotatable bonds is 4. The summed E-state index contributed by atoms with van der Waals surface area (Å²) < 4.78 is 5.53. The summed E-state index contributed by atoms with van der Waals surface area (Å²) in [5.41, 5.74) is 8.03. The lowest BCUT2D eigenvalue weighted by molar-refractivity contribution is -0.139. The predicted octanol–water partition coefficient (Wildman–Crippen LogP) is 0.458. The number of likely N-dealkylation sites (tertiary alicyclic amines) is 2. The molecular weight excluding hydrogens is 478 g/mol. The highest BCUT2D eigenvalue weighted by molar-refractivity contribution is 5.87. The van der Waals surface area contributed by atoms with Crippen LogP contribution in [-0.4, -0.2) is 111 Å². The van der Waals surface area contributed by atoms with Crippen LogP contribution in [0.2, 0.25) is 0 Å². The smallest absolute Gasteiger partial charge is 0.407 e. The molecule has 3 fully saturated rings. The molecule has 37 heavy (non-hydrogen) atoms. The largest absolute Gasteiger partial charge is 0.465 e. The van der Waals surface area contributed by atoms with Gasteiger partial charge in [0, 0.05) is 62.8 Å². The SMILES string of the molecule is C[C@@]1(N2CCc3c(-c4cnc(N)nc4)nc(N4CCOCC4)nc32)CCN(C(=O)[C@@H]2CCN2C(=O)O)C1. The monoisotopic (exact) mass is 509 g/mol. The number of carbonyl (C=O) groups is 2. The van der Waals surface area contributed by atoms with E-state index in [4.69, 9.17) is 20.4 Å². The van der Waals surface area contributed by atoms with Crippen molar-refractivity contribution in [3.05, 3.63) is 18.0 Å². The molecule has 2 atom stereocenters. The van der Waals surface area contributed by atoms with E-state index in [1.165, 1.54) is 4.90 Å². The molecule has 4 aliphatic heterocycles. The highest BCUT2D eigenvalue weighted by Gasteiger charge is 2.48. The predicted molar refractivity (Wildman–Crippen MR) is 134 cm³/mol. The van der Waals surface area contributed by atoms with Crippen LogP contribution in [0, 0.1) is 0 Å². The third kappa shape index (κ3) is 4.06. The number of nitrogen functional groups attached to an aromatic ring is 1. The highest BCUT2D eigenvalue weighted by Crippen LogP contribution is 2.41. The van der Waals surface area contributed by atoms with E-state index in [-0.39, 0.29) is 17.4 Å². The number of anilines is 3. The zero-order chi connectivity index (χ0) is 25.7. The molecule has 2 amide bonds. The van der Waals surface area contributed by atoms with E-state index >= 15 is 0 Å². The van der Waals surface area contributed by atoms with Crippen LogP contribution in [0.25, 0.3) is 11.3 Å². The number of carbonyl (C=O) groups excluding carboxylic acids is 1. The van der Waals surface area contributed by atoms with Crippen molar-refractivity contribution in [1.82, 2.24) is 29.7 Å². The van der Waals surface area contributed by atoms with Gasteiger partial charge >= 0.3 is 6.09 Å². The van der Waals surface area contributed by atoms with Crippen molar-refractivity contribution in [2.45, 2.75) is 37.8 Å². The molecule has 0 unspecified atom stereocenters. The van der Waals surface area contributed by atoms with Gasteiger partial charge in [0.1, 0.15) is 11.9 Å². The number of amides is 2. The van der Waals surface area contributed by atoms with Crippen LogP contribution in [0.4, 0.5) is 22.5 Å². The third-order valence-electron chi connectivity index (χ3n) is 8.02. The zero-order valence-electron chi connectivity index (χ0n) is 20.8. The van der Waals surface area contributed by atoms with Gasteiger partial charge in [-0.15, -0.1) is 0 Å². The number of nitrogens with zero attached hydrogens (tertiary/aromatic N) is 8. The van der Waals surface area contributed by atoms with Crippen LogP contribution in [0.15, 0.2) is 12.4 Å². The van der Waals surface area contributed by atoms with Gasteiger partial charge in [-0.05, 0) is 26.2 Å². The van der Waals surface area contributed by atoms with E-state index < -0.39 is 12.1 Å². The molecule has 0 aromatic carbocycles. The molecule has 0 spiro atoms. The lowest BCUT2D eigenvalue weighted by atomic mass is 9.99. The second kappa shape index (κ2) is 8.98. The lowest BCUT2D eigenvalue weighted by Gasteiger charge is -2.41. The summed E-state index contributed by atoms with van der Waals surface area (Å²) in [6, 6.07) is -0.571. The van der Waals surface area contributed by atoms with Crippen LogP contribution in [0.3, 0.4) is 0 Å². The number of hydrogen-bond acceptors (Lipinski definition) is 10. The van der Waals surface area contributed by atoms with Crippen molar-refractivity contribution in [3.63, 3.8) is 0 Å². The van der Waals surface area contributed by atoms with Crippen molar-refractivity contribution in [1.29, 1.82) is 0 Å². The van der Waals surface area contributed by atoms with Gasteiger partial charge in [-0.3, -0.25) is 9.69 Å². The van der Waals surface area contributed by atoms with E-state index in [1.807, 2.05) is 4.90 Å². The fraction of sp³-hybridized carbons (Fsp3) is 0.583. The minimum absolute atomic E-state index is 0.104. The minimum atomic E-state index is -1.04. The Bertz CT molecular complexity index is 1220. The Morgan fingerprint density at radius 2 is 1.86 bits per heavy atom. The zero-order valence-corrected chi connectivity index (χ0v) is 20.8. The molecule has 3 saturated heterocycles. The van der Waals surface area contributed by atoms with Gasteiger partial charge in [0.15, 0.2) is 0 Å². The van der Waals surface area contributed by atoms with E-state index in [1.54, 1.807) is 12.4 Å². The molecular formula is C24H31N9O4. The summed E-state index contributed by atoms with van der Waals surface area (Å²) in [7, 11) is 0. The topological polar surface area (TPSA) is 154 Å². The van der Waals surface area contributed by atoms with Crippen molar-refractivity contribution >= 4 is 29.7 Å². The fourth-order valence-corrected chi connectivity index (χ4v) is 5.81. The van der Waals surface area contributed by atoms with Gasteiger partial charge in [-0.1, -0.05) is 0 Å². The number of morpholine rings is 1. The molecule has 2 aromatic rings. The lowest BCUT2D eigenvalue weighted by Crippen LogP contribution is -2.59. The van der Waals surface area contributed by atoms with Crippen LogP contribution in [-0.2, 0) is 16.0 Å². The van der Waals surface area contributed by atoms with Gasteiger partial charge < -0.3 is 30.3 Å². The van der Waals surface area contributed by atoms with Crippen molar-refractivity contribution < 1.29 is 19.4 Å². The summed E-state index contributed by atoms with van der Waals surface area (Å²) in [5.74, 6) is 1.62. The van der Waals surface area contributed by atoms with Crippen LogP contribution in [0.5, 0.6) is 0 Å². The highest BCUT2D eigenvalue weighted by atomic mass is 16.5. The first-order chi connectivity index (χ1) is 17.8. The molecule has 13 nitrogen and oxygen atoms in total. The average Bonchev–Trinajstić information content (AvgIpc) is 3.48. The van der Waals surface area contributed by atoms with E-state index in [0.29, 0.717) is 58.3 Å². The van der Waals surface area contributed by atoms with Crippen molar-refractivity contribution in [2.24, 2.45) is 0 Å². The average molecular weight is 510 g/mol. The quantitative estimate of drug-likeness (QED) is 0.591. The summed E-state index contributed by atoms with van der Waals surface area (Å²) in [4.78, 5) is 50.4. The molecule has 2 aromatic heterocycles. The van der Waals surface area contributed by atoms with Crippen LogP contribution >= 0.6 is 0 Å². The molecule has 3 N–H and O–H groups in total. The molecule has 0 aliphatic carbocycles. The molecule has 6 rings (SSSR count). The normalized spacial score (nSPS) is 25.3. The summed E-state index contributed by atoms with van der Waals surface area (Å²) >= 11 is 0. The third-order valence-corrected chi connectivity index (χ3v) is 8.02. The Morgan fingerprint density at radius 3 is 2.54 bits per heavy atom. The van der Waals surface area contributed by atoms with Crippen LogP contribution in [0.1, 0.15) is 25.3 Å². The van der Waals surface area contributed by atoms with Gasteiger partial charge in [-0.25, -0.2) is 19.7 Å². The van der Waals surface area contributed by atoms with Gasteiger partial charge in [0.05, 0.1) is 24.4 Å². The number of nitrogens with two attached hydrogens (primary N) is 1. The van der Waals surface area contributed by atoms with E-state index in [9.17, 15) is 14.7 Å². The molecule has 6 heterocycles. The van der Waals surface area contributed by atoms with Gasteiger partial charge in [-0.2, -0.15) is 4.98 Å². The van der Waals surface area contributed by atoms with Gasteiger partial charge in [0.25, 0.3) is 0 Å².